The highest BCUT2D eigenvalue weighted by Crippen LogP contribution is 2.33. The van der Waals surface area contributed by atoms with E-state index >= 15 is 0 Å². The quantitative estimate of drug-likeness (QED) is 0.675. The fraction of sp³-hybridized carbons (Fsp3) is 0.250. The van der Waals surface area contributed by atoms with Crippen molar-refractivity contribution < 1.29 is 0 Å². The molecule has 0 heterocycles. The number of rotatable bonds is 2. The fourth-order valence-corrected chi connectivity index (χ4v) is 2.75. The van der Waals surface area contributed by atoms with Gasteiger partial charge in [-0.1, -0.05) is 69.5 Å². The first-order chi connectivity index (χ1) is 8.08. The minimum absolute atomic E-state index is 0.281. The molecule has 1 unspecified atom stereocenters. The van der Waals surface area contributed by atoms with Crippen LogP contribution in [0.4, 0.5) is 0 Å². The molecule has 2 aromatic rings. The van der Waals surface area contributed by atoms with E-state index in [1.807, 2.05) is 0 Å². The normalized spacial score (nSPS) is 12.5. The second-order valence-corrected chi connectivity index (χ2v) is 5.55. The van der Waals surface area contributed by atoms with Crippen molar-refractivity contribution >= 4 is 15.9 Å². The summed E-state index contributed by atoms with van der Waals surface area (Å²) < 4.78 is 0. The molecule has 1 atom stereocenters. The number of benzene rings is 2. The van der Waals surface area contributed by atoms with Crippen LogP contribution >= 0.6 is 15.9 Å². The Balaban J connectivity index is 2.39. The molecule has 0 bridgehead atoms. The molecule has 0 aliphatic carbocycles. The van der Waals surface area contributed by atoms with Crippen LogP contribution in [0.1, 0.15) is 32.6 Å². The highest BCUT2D eigenvalue weighted by Gasteiger charge is 2.12. The van der Waals surface area contributed by atoms with Gasteiger partial charge >= 0.3 is 0 Å². The third-order valence-electron chi connectivity index (χ3n) is 3.08. The monoisotopic (exact) mass is 288 g/mol. The number of aryl methyl sites for hydroxylation is 3. The predicted octanol–water partition coefficient (Wildman–Crippen LogP) is 5.10. The molecule has 0 aliphatic rings. The van der Waals surface area contributed by atoms with Crippen molar-refractivity contribution in [2.24, 2.45) is 0 Å². The lowest BCUT2D eigenvalue weighted by molar-refractivity contribution is 1.13. The third kappa shape index (κ3) is 2.78. The fourth-order valence-electron chi connectivity index (χ4n) is 1.95. The van der Waals surface area contributed by atoms with Crippen molar-refractivity contribution in [3.05, 3.63) is 70.3 Å². The van der Waals surface area contributed by atoms with Crippen LogP contribution in [0.5, 0.6) is 0 Å². The van der Waals surface area contributed by atoms with Gasteiger partial charge in [-0.15, -0.1) is 0 Å². The molecule has 1 heteroatoms. The summed E-state index contributed by atoms with van der Waals surface area (Å²) in [5, 5.41) is 0. The molecule has 0 aromatic heterocycles. The summed E-state index contributed by atoms with van der Waals surface area (Å²) in [6.45, 7) is 6.42. The van der Waals surface area contributed by atoms with Crippen LogP contribution in [-0.4, -0.2) is 0 Å². The van der Waals surface area contributed by atoms with Crippen LogP contribution in [0.2, 0.25) is 0 Å². The minimum Gasteiger partial charge on any atom is -0.0786 e. The molecule has 0 nitrogen and oxygen atoms in total. The maximum Gasteiger partial charge on any atom is 0.0647 e. The van der Waals surface area contributed by atoms with Crippen LogP contribution < -0.4 is 0 Å². The maximum atomic E-state index is 3.80. The van der Waals surface area contributed by atoms with E-state index in [-0.39, 0.29) is 4.83 Å². The maximum absolute atomic E-state index is 3.80. The Labute approximate surface area is 112 Å². The molecule has 0 aliphatic heterocycles. The molecular formula is C16H17Br. The summed E-state index contributed by atoms with van der Waals surface area (Å²) in [6, 6.07) is 15.3. The average Bonchev–Trinajstić information content (AvgIpc) is 2.32. The van der Waals surface area contributed by atoms with Crippen LogP contribution in [0, 0.1) is 20.8 Å². The lowest BCUT2D eigenvalue weighted by Gasteiger charge is -2.14. The van der Waals surface area contributed by atoms with Gasteiger partial charge in [0.1, 0.15) is 0 Å². The Morgan fingerprint density at radius 3 is 2.06 bits per heavy atom. The first-order valence-corrected chi connectivity index (χ1v) is 6.77. The van der Waals surface area contributed by atoms with Gasteiger partial charge in [0.05, 0.1) is 4.83 Å². The lowest BCUT2D eigenvalue weighted by atomic mass is 9.98. The third-order valence-corrected chi connectivity index (χ3v) is 4.10. The second kappa shape index (κ2) is 5.05. The molecule has 0 fully saturated rings. The zero-order valence-electron chi connectivity index (χ0n) is 10.5. The highest BCUT2D eigenvalue weighted by molar-refractivity contribution is 9.09. The Hall–Kier alpha value is -1.08. The average molecular weight is 289 g/mol. The van der Waals surface area contributed by atoms with Crippen molar-refractivity contribution in [3.8, 4) is 0 Å². The van der Waals surface area contributed by atoms with E-state index in [0.717, 1.165) is 0 Å². The smallest absolute Gasteiger partial charge is 0.0647 e. The summed E-state index contributed by atoms with van der Waals surface area (Å²) in [4.78, 5) is 0.281. The molecular weight excluding hydrogens is 272 g/mol. The first-order valence-electron chi connectivity index (χ1n) is 5.85. The largest absolute Gasteiger partial charge is 0.0786 e. The van der Waals surface area contributed by atoms with Crippen LogP contribution in [0.25, 0.3) is 0 Å². The number of hydrogen-bond acceptors (Lipinski definition) is 0. The molecule has 0 saturated heterocycles. The zero-order chi connectivity index (χ0) is 12.4. The number of alkyl halides is 1. The van der Waals surface area contributed by atoms with Crippen LogP contribution in [-0.2, 0) is 0 Å². The molecule has 88 valence electrons. The van der Waals surface area contributed by atoms with E-state index in [1.54, 1.807) is 0 Å². The van der Waals surface area contributed by atoms with E-state index in [4.69, 9.17) is 0 Å². The van der Waals surface area contributed by atoms with E-state index < -0.39 is 0 Å². The summed E-state index contributed by atoms with van der Waals surface area (Å²) in [5.41, 5.74) is 6.60. The summed E-state index contributed by atoms with van der Waals surface area (Å²) in [5.74, 6) is 0. The molecule has 0 spiro atoms. The van der Waals surface area contributed by atoms with Gasteiger partial charge in [-0.25, -0.2) is 0 Å². The van der Waals surface area contributed by atoms with Gasteiger partial charge in [-0.3, -0.25) is 0 Å². The van der Waals surface area contributed by atoms with Crippen LogP contribution in [0.15, 0.2) is 42.5 Å². The lowest BCUT2D eigenvalue weighted by Crippen LogP contribution is -1.96. The topological polar surface area (TPSA) is 0 Å². The Morgan fingerprint density at radius 1 is 0.824 bits per heavy atom. The summed E-state index contributed by atoms with van der Waals surface area (Å²) in [7, 11) is 0. The van der Waals surface area contributed by atoms with Crippen molar-refractivity contribution in [1.82, 2.24) is 0 Å². The molecule has 0 amide bonds. The summed E-state index contributed by atoms with van der Waals surface area (Å²) >= 11 is 3.80. The van der Waals surface area contributed by atoms with Gasteiger partial charge in [0, 0.05) is 0 Å². The molecule has 2 aromatic carbocycles. The molecule has 0 radical (unpaired) electrons. The van der Waals surface area contributed by atoms with Crippen molar-refractivity contribution in [2.45, 2.75) is 25.6 Å². The second-order valence-electron chi connectivity index (χ2n) is 4.63. The molecule has 2 rings (SSSR count). The number of hydrogen-bond donors (Lipinski definition) is 0. The van der Waals surface area contributed by atoms with Crippen LogP contribution in [0.3, 0.4) is 0 Å². The van der Waals surface area contributed by atoms with Gasteiger partial charge in [0.15, 0.2) is 0 Å². The predicted molar refractivity (Wildman–Crippen MR) is 77.9 cm³/mol. The SMILES string of the molecule is Cc1ccc(C(Br)c2cc(C)ccc2C)cc1. The minimum atomic E-state index is 0.281. The van der Waals surface area contributed by atoms with E-state index in [2.05, 4.69) is 79.2 Å². The molecule has 0 saturated carbocycles. The standard InChI is InChI=1S/C16H17Br/c1-11-5-8-14(9-6-11)16(17)15-10-12(2)4-7-13(15)3/h4-10,16H,1-3H3. The summed E-state index contributed by atoms with van der Waals surface area (Å²) in [6.07, 6.45) is 0. The highest BCUT2D eigenvalue weighted by atomic mass is 79.9. The van der Waals surface area contributed by atoms with E-state index in [1.165, 1.54) is 27.8 Å². The van der Waals surface area contributed by atoms with Gasteiger partial charge in [0.25, 0.3) is 0 Å². The number of halogens is 1. The van der Waals surface area contributed by atoms with E-state index in [9.17, 15) is 0 Å². The van der Waals surface area contributed by atoms with E-state index in [0.29, 0.717) is 0 Å². The Bertz CT molecular complexity index is 512. The van der Waals surface area contributed by atoms with Gasteiger partial charge in [0.2, 0.25) is 0 Å². The Morgan fingerprint density at radius 2 is 1.41 bits per heavy atom. The van der Waals surface area contributed by atoms with Gasteiger partial charge < -0.3 is 0 Å². The molecule has 0 N–H and O–H groups in total. The first kappa shape index (κ1) is 12.4. The zero-order valence-corrected chi connectivity index (χ0v) is 12.1. The van der Waals surface area contributed by atoms with Crippen molar-refractivity contribution in [3.63, 3.8) is 0 Å². The van der Waals surface area contributed by atoms with Crippen molar-refractivity contribution in [1.29, 1.82) is 0 Å². The van der Waals surface area contributed by atoms with Gasteiger partial charge in [-0.2, -0.15) is 0 Å². The van der Waals surface area contributed by atoms with Crippen molar-refractivity contribution in [2.75, 3.05) is 0 Å². The molecule has 17 heavy (non-hydrogen) atoms. The Kier molecular flexibility index (Phi) is 3.68. The van der Waals surface area contributed by atoms with Gasteiger partial charge in [-0.05, 0) is 37.5 Å².